The number of carbonyl (C=O) groups excluding carboxylic acids is 1. The zero-order valence-electron chi connectivity index (χ0n) is 15.3. The van der Waals surface area contributed by atoms with E-state index >= 15 is 0 Å². The summed E-state index contributed by atoms with van der Waals surface area (Å²) < 4.78 is 0. The van der Waals surface area contributed by atoms with E-state index in [0.29, 0.717) is 22.3 Å². The number of amides is 1. The summed E-state index contributed by atoms with van der Waals surface area (Å²) in [5.74, 6) is 0.689. The second-order valence-electron chi connectivity index (χ2n) is 6.78. The minimum Gasteiger partial charge on any atom is -0.348 e. The standard InChI is InChI=1S/C20H22ClN5O/c1-14(2)12-18(15-8-4-3-5-9-15)22-19(27)13-26-24-20(23-25-26)16-10-6-7-11-17(16)21/h3-11,14,18H,12-13H2,1-2H3,(H,22,27)/t18-/m0/s1. The minimum atomic E-state index is -0.160. The third-order valence-corrected chi connectivity index (χ3v) is 4.43. The average Bonchev–Trinajstić information content (AvgIpc) is 3.10. The molecule has 3 aromatic rings. The van der Waals surface area contributed by atoms with Crippen molar-refractivity contribution in [1.29, 1.82) is 0 Å². The van der Waals surface area contributed by atoms with Gasteiger partial charge in [-0.15, -0.1) is 10.2 Å². The second-order valence-corrected chi connectivity index (χ2v) is 7.19. The van der Waals surface area contributed by atoms with E-state index in [1.165, 1.54) is 4.80 Å². The van der Waals surface area contributed by atoms with Crippen LogP contribution in [0.4, 0.5) is 0 Å². The Hall–Kier alpha value is -2.73. The summed E-state index contributed by atoms with van der Waals surface area (Å²) in [5, 5.41) is 15.9. The van der Waals surface area contributed by atoms with E-state index in [1.807, 2.05) is 48.5 Å². The maximum absolute atomic E-state index is 12.5. The minimum absolute atomic E-state index is 0.00111. The molecule has 3 rings (SSSR count). The largest absolute Gasteiger partial charge is 0.348 e. The Bertz CT molecular complexity index is 894. The van der Waals surface area contributed by atoms with Gasteiger partial charge < -0.3 is 5.32 Å². The Labute approximate surface area is 163 Å². The van der Waals surface area contributed by atoms with Crippen molar-refractivity contribution in [2.45, 2.75) is 32.9 Å². The smallest absolute Gasteiger partial charge is 0.244 e. The van der Waals surface area contributed by atoms with Gasteiger partial charge in [0.25, 0.3) is 0 Å². The van der Waals surface area contributed by atoms with E-state index in [4.69, 9.17) is 11.6 Å². The SMILES string of the molecule is CC(C)C[C@H](NC(=O)Cn1nnc(-c2ccccc2Cl)n1)c1ccccc1. The van der Waals surface area contributed by atoms with Crippen LogP contribution in [0.2, 0.25) is 5.02 Å². The molecule has 1 amide bonds. The summed E-state index contributed by atoms with van der Waals surface area (Å²) in [4.78, 5) is 13.8. The highest BCUT2D eigenvalue weighted by molar-refractivity contribution is 6.33. The number of rotatable bonds is 7. The maximum atomic E-state index is 12.5. The molecule has 1 heterocycles. The van der Waals surface area contributed by atoms with E-state index in [-0.39, 0.29) is 18.5 Å². The monoisotopic (exact) mass is 383 g/mol. The maximum Gasteiger partial charge on any atom is 0.244 e. The van der Waals surface area contributed by atoms with Crippen LogP contribution in [-0.4, -0.2) is 26.1 Å². The average molecular weight is 384 g/mol. The summed E-state index contributed by atoms with van der Waals surface area (Å²) >= 11 is 6.16. The van der Waals surface area contributed by atoms with Gasteiger partial charge in [-0.25, -0.2) is 0 Å². The number of aromatic nitrogens is 4. The molecule has 0 aliphatic carbocycles. The number of benzene rings is 2. The van der Waals surface area contributed by atoms with Gasteiger partial charge in [-0.3, -0.25) is 4.79 Å². The van der Waals surface area contributed by atoms with Crippen LogP contribution in [0.1, 0.15) is 31.9 Å². The summed E-state index contributed by atoms with van der Waals surface area (Å²) in [6.45, 7) is 4.27. The third-order valence-electron chi connectivity index (χ3n) is 4.10. The zero-order valence-corrected chi connectivity index (χ0v) is 16.1. The van der Waals surface area contributed by atoms with Gasteiger partial charge in [-0.05, 0) is 35.2 Å². The van der Waals surface area contributed by atoms with E-state index < -0.39 is 0 Å². The van der Waals surface area contributed by atoms with Crippen LogP contribution in [0.3, 0.4) is 0 Å². The van der Waals surface area contributed by atoms with Gasteiger partial charge >= 0.3 is 0 Å². The van der Waals surface area contributed by atoms with Gasteiger partial charge in [0.1, 0.15) is 6.54 Å². The van der Waals surface area contributed by atoms with Crippen LogP contribution in [-0.2, 0) is 11.3 Å². The van der Waals surface area contributed by atoms with Crippen molar-refractivity contribution in [3.8, 4) is 11.4 Å². The predicted octanol–water partition coefficient (Wildman–Crippen LogP) is 3.90. The van der Waals surface area contributed by atoms with E-state index in [1.54, 1.807) is 6.07 Å². The number of tetrazole rings is 1. The van der Waals surface area contributed by atoms with Crippen LogP contribution >= 0.6 is 11.6 Å². The van der Waals surface area contributed by atoms with Crippen molar-refractivity contribution < 1.29 is 4.79 Å². The summed E-state index contributed by atoms with van der Waals surface area (Å²) in [5.41, 5.74) is 1.77. The Kier molecular flexibility index (Phi) is 6.19. The first-order valence-electron chi connectivity index (χ1n) is 8.90. The zero-order chi connectivity index (χ0) is 19.2. The van der Waals surface area contributed by atoms with E-state index in [0.717, 1.165) is 12.0 Å². The van der Waals surface area contributed by atoms with Gasteiger partial charge in [-0.2, -0.15) is 4.80 Å². The molecule has 1 aromatic heterocycles. The number of hydrogen-bond donors (Lipinski definition) is 1. The molecule has 0 aliphatic rings. The second kappa shape index (κ2) is 8.77. The Morgan fingerprint density at radius 1 is 1.11 bits per heavy atom. The quantitative estimate of drug-likeness (QED) is 0.671. The van der Waals surface area contributed by atoms with Crippen molar-refractivity contribution in [3.63, 3.8) is 0 Å². The molecule has 1 atom stereocenters. The first kappa shape index (κ1) is 19.0. The van der Waals surface area contributed by atoms with Crippen molar-refractivity contribution >= 4 is 17.5 Å². The van der Waals surface area contributed by atoms with Crippen LogP contribution in [0.5, 0.6) is 0 Å². The number of halogens is 1. The highest BCUT2D eigenvalue weighted by Crippen LogP contribution is 2.24. The fourth-order valence-electron chi connectivity index (χ4n) is 2.86. The first-order valence-corrected chi connectivity index (χ1v) is 9.27. The number of hydrogen-bond acceptors (Lipinski definition) is 4. The Morgan fingerprint density at radius 2 is 1.81 bits per heavy atom. The molecule has 0 bridgehead atoms. The molecule has 0 radical (unpaired) electrons. The van der Waals surface area contributed by atoms with Crippen molar-refractivity contribution in [3.05, 3.63) is 65.2 Å². The predicted molar refractivity (Wildman–Crippen MR) is 105 cm³/mol. The molecule has 0 saturated carbocycles. The van der Waals surface area contributed by atoms with Gasteiger partial charge in [0.15, 0.2) is 0 Å². The van der Waals surface area contributed by atoms with Crippen LogP contribution in [0.15, 0.2) is 54.6 Å². The van der Waals surface area contributed by atoms with Gasteiger partial charge in [0.2, 0.25) is 11.7 Å². The summed E-state index contributed by atoms with van der Waals surface area (Å²) in [6, 6.07) is 17.2. The molecule has 0 unspecified atom stereocenters. The molecule has 0 saturated heterocycles. The Morgan fingerprint density at radius 3 is 2.52 bits per heavy atom. The molecule has 0 fully saturated rings. The van der Waals surface area contributed by atoms with Crippen LogP contribution in [0, 0.1) is 5.92 Å². The lowest BCUT2D eigenvalue weighted by Crippen LogP contribution is -2.33. The highest BCUT2D eigenvalue weighted by atomic mass is 35.5. The van der Waals surface area contributed by atoms with E-state index in [9.17, 15) is 4.79 Å². The molecule has 1 N–H and O–H groups in total. The Balaban J connectivity index is 1.68. The van der Waals surface area contributed by atoms with Crippen molar-refractivity contribution in [2.75, 3.05) is 0 Å². The lowest BCUT2D eigenvalue weighted by atomic mass is 9.97. The molecule has 6 nitrogen and oxygen atoms in total. The third kappa shape index (κ3) is 5.14. The van der Waals surface area contributed by atoms with Gasteiger partial charge in [0.05, 0.1) is 11.1 Å². The van der Waals surface area contributed by atoms with Gasteiger partial charge in [0, 0.05) is 5.56 Å². The van der Waals surface area contributed by atoms with Crippen molar-refractivity contribution in [1.82, 2.24) is 25.5 Å². The molecule has 0 spiro atoms. The lowest BCUT2D eigenvalue weighted by Gasteiger charge is -2.21. The number of nitrogens with one attached hydrogen (secondary N) is 1. The highest BCUT2D eigenvalue weighted by Gasteiger charge is 2.17. The number of carbonyl (C=O) groups is 1. The van der Waals surface area contributed by atoms with Gasteiger partial charge in [-0.1, -0.05) is 67.9 Å². The molecule has 7 heteroatoms. The molecule has 140 valence electrons. The summed E-state index contributed by atoms with van der Waals surface area (Å²) in [6.07, 6.45) is 0.853. The molecular formula is C20H22ClN5O. The molecule has 0 aliphatic heterocycles. The lowest BCUT2D eigenvalue weighted by molar-refractivity contribution is -0.123. The van der Waals surface area contributed by atoms with E-state index in [2.05, 4.69) is 34.6 Å². The van der Waals surface area contributed by atoms with Crippen LogP contribution in [0.25, 0.3) is 11.4 Å². The summed E-state index contributed by atoms with van der Waals surface area (Å²) in [7, 11) is 0. The fraction of sp³-hybridized carbons (Fsp3) is 0.300. The van der Waals surface area contributed by atoms with Crippen LogP contribution < -0.4 is 5.32 Å². The number of nitrogens with zero attached hydrogens (tertiary/aromatic N) is 4. The molecule has 2 aromatic carbocycles. The first-order chi connectivity index (χ1) is 13.0. The molecule has 27 heavy (non-hydrogen) atoms. The fourth-order valence-corrected chi connectivity index (χ4v) is 3.08. The molecular weight excluding hydrogens is 362 g/mol. The topological polar surface area (TPSA) is 72.7 Å². The van der Waals surface area contributed by atoms with Crippen molar-refractivity contribution in [2.24, 2.45) is 5.92 Å². The normalized spacial score (nSPS) is 12.1.